The van der Waals surface area contributed by atoms with Crippen LogP contribution in [0.5, 0.6) is 0 Å². The van der Waals surface area contributed by atoms with Crippen molar-refractivity contribution in [3.8, 4) is 0 Å². The third-order valence-corrected chi connectivity index (χ3v) is 3.40. The topological polar surface area (TPSA) is 62.5 Å². The fourth-order valence-corrected chi connectivity index (χ4v) is 2.20. The number of aliphatic imine (C=N–C) groups is 1. The van der Waals surface area contributed by atoms with E-state index in [2.05, 4.69) is 41.6 Å². The molecule has 1 rings (SSSR count). The van der Waals surface area contributed by atoms with Crippen molar-refractivity contribution < 1.29 is 4.52 Å². The molecule has 22 heavy (non-hydrogen) atoms. The first-order chi connectivity index (χ1) is 10.0. The van der Waals surface area contributed by atoms with Crippen LogP contribution < -0.4 is 10.6 Å². The van der Waals surface area contributed by atoms with Crippen molar-refractivity contribution in [3.63, 3.8) is 0 Å². The molecule has 0 aromatic carbocycles. The van der Waals surface area contributed by atoms with Crippen molar-refractivity contribution in [1.29, 1.82) is 0 Å². The van der Waals surface area contributed by atoms with Crippen molar-refractivity contribution in [2.75, 3.05) is 19.6 Å². The average molecular weight is 422 g/mol. The molecule has 0 spiro atoms. The third kappa shape index (κ3) is 8.00. The normalized spacial score (nSPS) is 11.5. The molecular weight excluding hydrogens is 391 g/mol. The average Bonchev–Trinajstić information content (AvgIpc) is 2.74. The van der Waals surface area contributed by atoms with Gasteiger partial charge in [0.1, 0.15) is 5.76 Å². The summed E-state index contributed by atoms with van der Waals surface area (Å²) < 4.78 is 5.18. The molecule has 0 unspecified atom stereocenters. The number of hydrogen-bond donors (Lipinski definition) is 2. The molecule has 128 valence electrons. The van der Waals surface area contributed by atoms with Gasteiger partial charge in [-0.25, -0.2) is 0 Å². The number of nitrogens with one attached hydrogen (secondary N) is 2. The predicted molar refractivity (Wildman–Crippen MR) is 103 cm³/mol. The zero-order valence-corrected chi connectivity index (χ0v) is 16.9. The molecular formula is C16H31IN4O. The number of guanidine groups is 1. The van der Waals surface area contributed by atoms with E-state index < -0.39 is 0 Å². The third-order valence-electron chi connectivity index (χ3n) is 3.40. The van der Waals surface area contributed by atoms with E-state index in [4.69, 9.17) is 4.52 Å². The molecule has 1 aromatic rings. The van der Waals surface area contributed by atoms with Crippen LogP contribution in [0.15, 0.2) is 9.52 Å². The van der Waals surface area contributed by atoms with E-state index in [-0.39, 0.29) is 24.0 Å². The van der Waals surface area contributed by atoms with Gasteiger partial charge in [-0.05, 0) is 46.0 Å². The van der Waals surface area contributed by atoms with Crippen molar-refractivity contribution in [2.45, 2.75) is 53.9 Å². The molecule has 0 atom stereocenters. The highest BCUT2D eigenvalue weighted by Crippen LogP contribution is 2.11. The number of nitrogens with zero attached hydrogens (tertiary/aromatic N) is 2. The van der Waals surface area contributed by atoms with Crippen LogP contribution in [0, 0.1) is 19.8 Å². The van der Waals surface area contributed by atoms with Crippen LogP contribution in [-0.2, 0) is 6.42 Å². The summed E-state index contributed by atoms with van der Waals surface area (Å²) in [5.74, 6) is 2.55. The molecule has 0 bridgehead atoms. The summed E-state index contributed by atoms with van der Waals surface area (Å²) in [5.41, 5.74) is 2.17. The van der Waals surface area contributed by atoms with Gasteiger partial charge >= 0.3 is 0 Å². The Bertz CT molecular complexity index is 424. The van der Waals surface area contributed by atoms with Gasteiger partial charge in [-0.3, -0.25) is 4.99 Å². The zero-order valence-electron chi connectivity index (χ0n) is 14.5. The minimum atomic E-state index is 0. The lowest BCUT2D eigenvalue weighted by Gasteiger charge is -2.11. The number of aromatic nitrogens is 1. The smallest absolute Gasteiger partial charge is 0.191 e. The molecule has 0 saturated carbocycles. The number of rotatable bonds is 8. The fraction of sp³-hybridized carbons (Fsp3) is 0.750. The second kappa shape index (κ2) is 11.7. The first-order valence-electron chi connectivity index (χ1n) is 7.98. The molecule has 0 saturated heterocycles. The summed E-state index contributed by atoms with van der Waals surface area (Å²) in [6, 6.07) is 0. The maximum Gasteiger partial charge on any atom is 0.191 e. The van der Waals surface area contributed by atoms with Crippen LogP contribution in [-0.4, -0.2) is 30.8 Å². The summed E-state index contributed by atoms with van der Waals surface area (Å²) in [4.78, 5) is 4.60. The van der Waals surface area contributed by atoms with Gasteiger partial charge in [0, 0.05) is 25.2 Å². The van der Waals surface area contributed by atoms with Crippen LogP contribution in [0.4, 0.5) is 0 Å². The largest absolute Gasteiger partial charge is 0.361 e. The minimum Gasteiger partial charge on any atom is -0.361 e. The molecule has 2 N–H and O–H groups in total. The summed E-state index contributed by atoms with van der Waals surface area (Å²) in [7, 11) is 0. The minimum absolute atomic E-state index is 0. The van der Waals surface area contributed by atoms with Gasteiger partial charge in [0.05, 0.1) is 5.69 Å². The zero-order chi connectivity index (χ0) is 15.7. The molecule has 0 aliphatic carbocycles. The molecule has 6 heteroatoms. The van der Waals surface area contributed by atoms with Crippen LogP contribution in [0.3, 0.4) is 0 Å². The first-order valence-corrected chi connectivity index (χ1v) is 7.98. The SMILES string of the molecule is CCNC(=NCCCC(C)C)NCCc1c(C)noc1C.I. The molecule has 1 aromatic heterocycles. The highest BCUT2D eigenvalue weighted by atomic mass is 127. The van der Waals surface area contributed by atoms with Gasteiger partial charge in [-0.1, -0.05) is 19.0 Å². The Hall–Kier alpha value is -0.790. The van der Waals surface area contributed by atoms with Gasteiger partial charge in [-0.15, -0.1) is 24.0 Å². The molecule has 0 fully saturated rings. The van der Waals surface area contributed by atoms with Gasteiger partial charge in [-0.2, -0.15) is 0 Å². The van der Waals surface area contributed by atoms with Crippen LogP contribution in [0.25, 0.3) is 0 Å². The Kier molecular flexibility index (Phi) is 11.3. The molecule has 0 amide bonds. The van der Waals surface area contributed by atoms with E-state index in [1.54, 1.807) is 0 Å². The Balaban J connectivity index is 0.00000441. The highest BCUT2D eigenvalue weighted by Gasteiger charge is 2.08. The monoisotopic (exact) mass is 422 g/mol. The molecule has 1 heterocycles. The van der Waals surface area contributed by atoms with Gasteiger partial charge in [0.2, 0.25) is 0 Å². The Morgan fingerprint density at radius 1 is 1.27 bits per heavy atom. The molecule has 0 radical (unpaired) electrons. The maximum atomic E-state index is 5.18. The molecule has 0 aliphatic heterocycles. The van der Waals surface area contributed by atoms with Crippen LogP contribution in [0.1, 0.15) is 50.6 Å². The Labute approximate surface area is 151 Å². The van der Waals surface area contributed by atoms with Crippen LogP contribution >= 0.6 is 24.0 Å². The number of halogens is 1. The number of aryl methyl sites for hydroxylation is 2. The van der Waals surface area contributed by atoms with E-state index in [0.29, 0.717) is 0 Å². The second-order valence-electron chi connectivity index (χ2n) is 5.78. The first kappa shape index (κ1) is 21.2. The van der Waals surface area contributed by atoms with Crippen molar-refractivity contribution in [3.05, 3.63) is 17.0 Å². The molecule has 5 nitrogen and oxygen atoms in total. The lowest BCUT2D eigenvalue weighted by atomic mass is 10.1. The van der Waals surface area contributed by atoms with Gasteiger partial charge < -0.3 is 15.2 Å². The van der Waals surface area contributed by atoms with Crippen molar-refractivity contribution in [1.82, 2.24) is 15.8 Å². The lowest BCUT2D eigenvalue weighted by molar-refractivity contribution is 0.392. The van der Waals surface area contributed by atoms with E-state index >= 15 is 0 Å². The van der Waals surface area contributed by atoms with Crippen molar-refractivity contribution in [2.24, 2.45) is 10.9 Å². The van der Waals surface area contributed by atoms with E-state index in [1.165, 1.54) is 12.0 Å². The Morgan fingerprint density at radius 3 is 2.55 bits per heavy atom. The Morgan fingerprint density at radius 2 is 2.00 bits per heavy atom. The van der Waals surface area contributed by atoms with E-state index in [9.17, 15) is 0 Å². The fourth-order valence-electron chi connectivity index (χ4n) is 2.20. The summed E-state index contributed by atoms with van der Waals surface area (Å²) in [6.07, 6.45) is 3.26. The molecule has 0 aliphatic rings. The van der Waals surface area contributed by atoms with Gasteiger partial charge in [0.25, 0.3) is 0 Å². The second-order valence-corrected chi connectivity index (χ2v) is 5.78. The van der Waals surface area contributed by atoms with E-state index in [1.807, 2.05) is 13.8 Å². The van der Waals surface area contributed by atoms with Gasteiger partial charge in [0.15, 0.2) is 5.96 Å². The maximum absolute atomic E-state index is 5.18. The number of hydrogen-bond acceptors (Lipinski definition) is 3. The highest BCUT2D eigenvalue weighted by molar-refractivity contribution is 14.0. The quantitative estimate of drug-likeness (QED) is 0.292. The summed E-state index contributed by atoms with van der Waals surface area (Å²) in [5, 5.41) is 10.6. The van der Waals surface area contributed by atoms with Crippen LogP contribution in [0.2, 0.25) is 0 Å². The summed E-state index contributed by atoms with van der Waals surface area (Å²) >= 11 is 0. The predicted octanol–water partition coefficient (Wildman–Crippen LogP) is 3.44. The lowest BCUT2D eigenvalue weighted by Crippen LogP contribution is -2.38. The standard InChI is InChI=1S/C16H30N4O.HI/c1-6-17-16(18-10-7-8-12(2)3)19-11-9-15-13(4)20-21-14(15)5;/h12H,6-11H2,1-5H3,(H2,17,18,19);1H. The van der Waals surface area contributed by atoms with Crippen molar-refractivity contribution >= 4 is 29.9 Å². The van der Waals surface area contributed by atoms with E-state index in [0.717, 1.165) is 55.8 Å². The summed E-state index contributed by atoms with van der Waals surface area (Å²) in [6.45, 7) is 13.1.